The minimum atomic E-state index is 0.849. The molecule has 0 amide bonds. The van der Waals surface area contributed by atoms with Gasteiger partial charge in [-0.3, -0.25) is 0 Å². The second-order valence-corrected chi connectivity index (χ2v) is 7.11. The first-order chi connectivity index (χ1) is 13.4. The number of nitrogens with one attached hydrogen (secondary N) is 2. The van der Waals surface area contributed by atoms with E-state index in [2.05, 4.69) is 92.6 Å². The van der Waals surface area contributed by atoms with E-state index >= 15 is 0 Å². The smallest absolute Gasteiger partial charge is 0.103 e. The highest BCUT2D eigenvalue weighted by atomic mass is 15.0. The standard InChI is InChI=1S/C25H27N3/c1-17-10-14-23(15-11-17)27-21(5)28-25-16-22(13-12-19(25)3)20(4)26-24-9-7-6-8-18(24)2/h6-16,26H,4H2,1-3,5H3,(H,27,28). The van der Waals surface area contributed by atoms with Crippen molar-refractivity contribution in [2.24, 2.45) is 4.99 Å². The molecule has 0 saturated carbocycles. The zero-order chi connectivity index (χ0) is 20.1. The van der Waals surface area contributed by atoms with Gasteiger partial charge in [0.1, 0.15) is 5.84 Å². The van der Waals surface area contributed by atoms with Gasteiger partial charge in [-0.15, -0.1) is 0 Å². The molecule has 0 aliphatic carbocycles. The first-order valence-electron chi connectivity index (χ1n) is 9.44. The number of aliphatic imine (C=N–C) groups is 1. The maximum Gasteiger partial charge on any atom is 0.103 e. The molecular formula is C25H27N3. The summed E-state index contributed by atoms with van der Waals surface area (Å²) in [5.74, 6) is 0.849. The average Bonchev–Trinajstić information content (AvgIpc) is 2.67. The number of anilines is 2. The second kappa shape index (κ2) is 8.57. The van der Waals surface area contributed by atoms with Crippen LogP contribution in [0.3, 0.4) is 0 Å². The lowest BCUT2D eigenvalue weighted by molar-refractivity contribution is 1.36. The van der Waals surface area contributed by atoms with Crippen LogP contribution in [0.5, 0.6) is 0 Å². The molecule has 28 heavy (non-hydrogen) atoms. The molecule has 3 aromatic carbocycles. The Morgan fingerprint density at radius 1 is 0.821 bits per heavy atom. The molecule has 0 spiro atoms. The van der Waals surface area contributed by atoms with Crippen molar-refractivity contribution in [3.63, 3.8) is 0 Å². The van der Waals surface area contributed by atoms with Gasteiger partial charge in [-0.05, 0) is 68.7 Å². The Bertz CT molecular complexity index is 1010. The minimum Gasteiger partial charge on any atom is -0.355 e. The van der Waals surface area contributed by atoms with Crippen molar-refractivity contribution >= 4 is 28.6 Å². The molecule has 0 aromatic heterocycles. The molecular weight excluding hydrogens is 342 g/mol. The Kier molecular flexibility index (Phi) is 5.95. The van der Waals surface area contributed by atoms with Gasteiger partial charge >= 0.3 is 0 Å². The van der Waals surface area contributed by atoms with E-state index in [1.807, 2.05) is 19.1 Å². The van der Waals surface area contributed by atoms with Crippen molar-refractivity contribution in [1.29, 1.82) is 0 Å². The minimum absolute atomic E-state index is 0.849. The van der Waals surface area contributed by atoms with E-state index in [4.69, 9.17) is 4.99 Å². The van der Waals surface area contributed by atoms with E-state index in [9.17, 15) is 0 Å². The van der Waals surface area contributed by atoms with E-state index in [1.165, 1.54) is 11.1 Å². The van der Waals surface area contributed by atoms with Crippen molar-refractivity contribution in [3.8, 4) is 0 Å². The molecule has 0 aliphatic heterocycles. The largest absolute Gasteiger partial charge is 0.355 e. The fourth-order valence-electron chi connectivity index (χ4n) is 2.92. The molecule has 3 heteroatoms. The van der Waals surface area contributed by atoms with Crippen LogP contribution in [-0.2, 0) is 0 Å². The Balaban J connectivity index is 1.79. The molecule has 0 saturated heterocycles. The monoisotopic (exact) mass is 369 g/mol. The van der Waals surface area contributed by atoms with Crippen LogP contribution in [0.2, 0.25) is 0 Å². The number of nitrogens with zero attached hydrogens (tertiary/aromatic N) is 1. The molecule has 0 heterocycles. The second-order valence-electron chi connectivity index (χ2n) is 7.11. The van der Waals surface area contributed by atoms with Gasteiger partial charge in [0, 0.05) is 17.1 Å². The van der Waals surface area contributed by atoms with Crippen LogP contribution < -0.4 is 10.6 Å². The number of amidine groups is 1. The van der Waals surface area contributed by atoms with E-state index in [1.54, 1.807) is 0 Å². The Hall–Kier alpha value is -3.33. The third kappa shape index (κ3) is 4.89. The summed E-state index contributed by atoms with van der Waals surface area (Å²) in [4.78, 5) is 4.78. The molecule has 0 unspecified atom stereocenters. The SMILES string of the molecule is C=C(Nc1ccccc1C)c1ccc(C)c(N=C(C)Nc2ccc(C)cc2)c1. The van der Waals surface area contributed by atoms with Crippen LogP contribution in [0, 0.1) is 20.8 Å². The Morgan fingerprint density at radius 3 is 2.25 bits per heavy atom. The predicted molar refractivity (Wildman–Crippen MR) is 123 cm³/mol. The van der Waals surface area contributed by atoms with E-state index < -0.39 is 0 Å². The predicted octanol–water partition coefficient (Wildman–Crippen LogP) is 6.86. The molecule has 0 fully saturated rings. The summed E-state index contributed by atoms with van der Waals surface area (Å²) in [5, 5.41) is 6.77. The molecule has 3 rings (SSSR count). The summed E-state index contributed by atoms with van der Waals surface area (Å²) in [6.07, 6.45) is 0. The van der Waals surface area contributed by atoms with E-state index in [-0.39, 0.29) is 0 Å². The molecule has 142 valence electrons. The molecule has 0 aliphatic rings. The summed E-state index contributed by atoms with van der Waals surface area (Å²) < 4.78 is 0. The molecule has 0 bridgehead atoms. The number of hydrogen-bond acceptors (Lipinski definition) is 2. The summed E-state index contributed by atoms with van der Waals surface area (Å²) >= 11 is 0. The maximum absolute atomic E-state index is 4.78. The number of hydrogen-bond donors (Lipinski definition) is 2. The zero-order valence-corrected chi connectivity index (χ0v) is 17.0. The van der Waals surface area contributed by atoms with E-state index in [0.717, 1.165) is 39.7 Å². The van der Waals surface area contributed by atoms with Crippen LogP contribution in [-0.4, -0.2) is 5.84 Å². The van der Waals surface area contributed by atoms with Crippen molar-refractivity contribution in [2.75, 3.05) is 10.6 Å². The normalized spacial score (nSPS) is 11.2. The summed E-state index contributed by atoms with van der Waals surface area (Å²) in [6.45, 7) is 12.4. The first kappa shape index (κ1) is 19.4. The highest BCUT2D eigenvalue weighted by Gasteiger charge is 2.06. The summed E-state index contributed by atoms with van der Waals surface area (Å²) in [5.41, 5.74) is 8.46. The Morgan fingerprint density at radius 2 is 1.54 bits per heavy atom. The zero-order valence-electron chi connectivity index (χ0n) is 17.0. The van der Waals surface area contributed by atoms with Crippen molar-refractivity contribution in [2.45, 2.75) is 27.7 Å². The number of benzene rings is 3. The van der Waals surface area contributed by atoms with Crippen LogP contribution in [0.1, 0.15) is 29.2 Å². The molecule has 0 atom stereocenters. The molecule has 3 aromatic rings. The highest BCUT2D eigenvalue weighted by molar-refractivity contribution is 5.95. The van der Waals surface area contributed by atoms with Crippen LogP contribution in [0.15, 0.2) is 78.3 Å². The fraction of sp³-hybridized carbons (Fsp3) is 0.160. The highest BCUT2D eigenvalue weighted by Crippen LogP contribution is 2.26. The molecule has 2 N–H and O–H groups in total. The number of para-hydroxylation sites is 1. The van der Waals surface area contributed by atoms with Gasteiger partial charge < -0.3 is 10.6 Å². The van der Waals surface area contributed by atoms with Gasteiger partial charge in [0.15, 0.2) is 0 Å². The lowest BCUT2D eigenvalue weighted by atomic mass is 10.1. The molecule has 3 nitrogen and oxygen atoms in total. The van der Waals surface area contributed by atoms with Crippen molar-refractivity contribution in [3.05, 3.63) is 95.6 Å². The fourth-order valence-corrected chi connectivity index (χ4v) is 2.92. The lowest BCUT2D eigenvalue weighted by Crippen LogP contribution is -2.06. The quantitative estimate of drug-likeness (QED) is 0.381. The van der Waals surface area contributed by atoms with Gasteiger partial charge in [0.05, 0.1) is 5.69 Å². The maximum atomic E-state index is 4.78. The summed E-state index contributed by atoms with van der Waals surface area (Å²) in [7, 11) is 0. The third-order valence-corrected chi connectivity index (χ3v) is 4.65. The summed E-state index contributed by atoms with van der Waals surface area (Å²) in [6, 6.07) is 22.7. The van der Waals surface area contributed by atoms with Crippen LogP contribution in [0.4, 0.5) is 17.1 Å². The van der Waals surface area contributed by atoms with Gasteiger partial charge in [0.2, 0.25) is 0 Å². The van der Waals surface area contributed by atoms with Gasteiger partial charge in [-0.2, -0.15) is 0 Å². The van der Waals surface area contributed by atoms with Gasteiger partial charge in [0.25, 0.3) is 0 Å². The van der Waals surface area contributed by atoms with Gasteiger partial charge in [-0.25, -0.2) is 4.99 Å². The first-order valence-corrected chi connectivity index (χ1v) is 9.44. The number of aryl methyl sites for hydroxylation is 3. The van der Waals surface area contributed by atoms with Crippen molar-refractivity contribution in [1.82, 2.24) is 0 Å². The van der Waals surface area contributed by atoms with Crippen molar-refractivity contribution < 1.29 is 0 Å². The topological polar surface area (TPSA) is 36.4 Å². The van der Waals surface area contributed by atoms with Crippen LogP contribution >= 0.6 is 0 Å². The Labute approximate surface area is 167 Å². The van der Waals surface area contributed by atoms with Crippen LogP contribution in [0.25, 0.3) is 5.70 Å². The lowest BCUT2D eigenvalue weighted by Gasteiger charge is -2.14. The van der Waals surface area contributed by atoms with Gasteiger partial charge in [-0.1, -0.05) is 54.6 Å². The average molecular weight is 370 g/mol. The number of rotatable bonds is 5. The molecule has 0 radical (unpaired) electrons. The third-order valence-electron chi connectivity index (χ3n) is 4.65. The van der Waals surface area contributed by atoms with E-state index in [0.29, 0.717) is 0 Å².